The SMILES string of the molecule is C/C=C1/C(/C(C)=C/C=C(\C)C2=C3C(=O)N(CC(CC)CCCC)C(c4ccc(-c5ccc(-c6ccc(CCCCCC)s6)s5)s4)=C3C(=O)N2CC(CC)CCCC)=CC=C(/C(C)=C/C=C(\C)C2=C3C(=O)N(CC(CC)CCCC)C(c4ccc(-c5ccc(-c6ccc(CCCCCC)s6)s5)s4)=C3C(=O)N2CC(CC)CCCC)C1=NC. The van der Waals surface area contributed by atoms with Gasteiger partial charge in [0.1, 0.15) is 0 Å². The summed E-state index contributed by atoms with van der Waals surface area (Å²) in [6, 6.07) is 27.0. The van der Waals surface area contributed by atoms with Crippen LogP contribution in [0.2, 0.25) is 0 Å². The number of thiophene rings is 6. The number of fused-ring (bicyclic) bond motifs is 2. The normalized spacial score (nSPS) is 17.7. The van der Waals surface area contributed by atoms with Gasteiger partial charge in [0.2, 0.25) is 0 Å². The lowest BCUT2D eigenvalue weighted by Crippen LogP contribution is -2.35. The molecule has 4 atom stereocenters. The lowest BCUT2D eigenvalue weighted by atomic mass is 9.84. The monoisotopic (exact) mass is 1670 g/mol. The molecule has 0 radical (unpaired) electrons. The van der Waals surface area contributed by atoms with Crippen molar-refractivity contribution in [2.45, 2.75) is 271 Å². The van der Waals surface area contributed by atoms with Gasteiger partial charge in [-0.05, 0) is 210 Å². The minimum Gasteiger partial charge on any atom is -0.307 e. The zero-order chi connectivity index (χ0) is 82.7. The number of carbonyl (C=O) groups is 4. The van der Waals surface area contributed by atoms with Crippen molar-refractivity contribution in [3.63, 3.8) is 0 Å². The fourth-order valence-corrected chi connectivity index (χ4v) is 23.9. The van der Waals surface area contributed by atoms with Crippen LogP contribution in [0.25, 0.3) is 50.4 Å². The van der Waals surface area contributed by atoms with Gasteiger partial charge in [0.05, 0.1) is 60.5 Å². The molecular formula is C101H131N5O4S6. The molecule has 1 aliphatic carbocycles. The second-order valence-corrected chi connectivity index (χ2v) is 39.5. The van der Waals surface area contributed by atoms with E-state index in [-0.39, 0.29) is 47.3 Å². The molecule has 10 heterocycles. The summed E-state index contributed by atoms with van der Waals surface area (Å²) in [4.78, 5) is 91.2. The van der Waals surface area contributed by atoms with Gasteiger partial charge in [0, 0.05) is 93.1 Å². The number of allylic oxidation sites excluding steroid dienone is 14. The van der Waals surface area contributed by atoms with Crippen LogP contribution >= 0.6 is 68.0 Å². The predicted molar refractivity (Wildman–Crippen MR) is 504 cm³/mol. The summed E-state index contributed by atoms with van der Waals surface area (Å²) in [7, 11) is 1.87. The molecule has 9 nitrogen and oxygen atoms in total. The van der Waals surface area contributed by atoms with Crippen LogP contribution in [0.5, 0.6) is 0 Å². The van der Waals surface area contributed by atoms with Crippen LogP contribution in [0.3, 0.4) is 0 Å². The maximum atomic E-state index is 15.9. The first-order valence-electron chi connectivity index (χ1n) is 44.5. The van der Waals surface area contributed by atoms with Crippen molar-refractivity contribution in [2.75, 3.05) is 33.2 Å². The van der Waals surface area contributed by atoms with E-state index in [1.54, 1.807) is 22.7 Å². The molecule has 620 valence electrons. The minimum absolute atomic E-state index is 0.0713. The maximum Gasteiger partial charge on any atom is 0.261 e. The topological polar surface area (TPSA) is 93.6 Å². The highest BCUT2D eigenvalue weighted by molar-refractivity contribution is 7.27. The number of aliphatic imine (C=N–C) groups is 1. The van der Waals surface area contributed by atoms with Crippen molar-refractivity contribution in [1.29, 1.82) is 0 Å². The molecule has 0 saturated heterocycles. The molecule has 6 aromatic rings. The number of unbranched alkanes of at least 4 members (excludes halogenated alkanes) is 10. The number of amides is 4. The number of rotatable bonds is 46. The van der Waals surface area contributed by atoms with Crippen LogP contribution < -0.4 is 0 Å². The molecule has 4 amide bonds. The average molecular weight is 1670 g/mol. The third-order valence-corrected chi connectivity index (χ3v) is 32.0. The summed E-state index contributed by atoms with van der Waals surface area (Å²) in [5, 5.41) is 0. The van der Waals surface area contributed by atoms with Crippen LogP contribution in [-0.2, 0) is 32.0 Å². The summed E-state index contributed by atoms with van der Waals surface area (Å²) in [6.45, 7) is 35.2. The van der Waals surface area contributed by atoms with Crippen molar-refractivity contribution in [3.8, 4) is 39.0 Å². The van der Waals surface area contributed by atoms with E-state index in [0.717, 1.165) is 203 Å². The van der Waals surface area contributed by atoms with Gasteiger partial charge in [0.15, 0.2) is 0 Å². The first-order valence-corrected chi connectivity index (χ1v) is 49.4. The third kappa shape index (κ3) is 20.5. The van der Waals surface area contributed by atoms with Crippen molar-refractivity contribution in [2.24, 2.45) is 28.7 Å². The Bertz CT molecular complexity index is 4560. The minimum atomic E-state index is -0.0731. The van der Waals surface area contributed by atoms with Gasteiger partial charge in [-0.2, -0.15) is 0 Å². The molecule has 0 fully saturated rings. The highest BCUT2D eigenvalue weighted by Gasteiger charge is 2.52. The lowest BCUT2D eigenvalue weighted by Gasteiger charge is -2.29. The summed E-state index contributed by atoms with van der Waals surface area (Å²) >= 11 is 10.9. The molecule has 5 aliphatic rings. The van der Waals surface area contributed by atoms with E-state index < -0.39 is 0 Å². The third-order valence-electron chi connectivity index (χ3n) is 24.5. The maximum absolute atomic E-state index is 15.9. The van der Waals surface area contributed by atoms with E-state index in [1.165, 1.54) is 90.4 Å². The number of aryl methyl sites for hydroxylation is 2. The fourth-order valence-electron chi connectivity index (χ4n) is 17.3. The quantitative estimate of drug-likeness (QED) is 0.0281. The van der Waals surface area contributed by atoms with Crippen molar-refractivity contribution < 1.29 is 19.2 Å². The Morgan fingerprint density at radius 1 is 0.345 bits per heavy atom. The van der Waals surface area contributed by atoms with Crippen LogP contribution in [0.4, 0.5) is 0 Å². The first kappa shape index (κ1) is 89.7. The highest BCUT2D eigenvalue weighted by atomic mass is 32.1. The Balaban J connectivity index is 0.943. The van der Waals surface area contributed by atoms with Gasteiger partial charge >= 0.3 is 0 Å². The second kappa shape index (κ2) is 43.2. The van der Waals surface area contributed by atoms with E-state index in [9.17, 15) is 0 Å². The number of hydrogen-bond donors (Lipinski definition) is 0. The largest absolute Gasteiger partial charge is 0.307 e. The average Bonchev–Trinajstić information content (AvgIpc) is 1.56. The molecule has 6 aromatic heterocycles. The molecule has 0 N–H and O–H groups in total. The Morgan fingerprint density at radius 2 is 0.638 bits per heavy atom. The van der Waals surface area contributed by atoms with Crippen LogP contribution in [0.15, 0.2) is 193 Å². The fraction of sp³-hybridized carbons (Fsp3) is 0.495. The number of nitrogens with zero attached hydrogens (tertiary/aromatic N) is 5. The molecule has 116 heavy (non-hydrogen) atoms. The standard InChI is InChI=1S/C101H131N5O4S6/c1-17-28-34-36-42-74-48-52-79(111-74)81-54-56-83(113-81)85-58-60-87(115-85)96-91-89(98(107)105(96)64-72(25-9)40-32-21-5)94(103(100(91)109)62-70(23-7)38-30-19-3)68(14)46-44-66(12)77-50-51-78(93(102-16)76(77)27-11)67(13)45-47-69(15)95-90-92(101(110)104(95)63-71(24-8)39-31-20-4)97(106(99(90)108)65-73(26-10)41-33-22-6)88-61-59-86(116-88)84-57-55-82(114-84)80-53-49-75(112-80)43-37-35-29-18-2/h27,44-61,70-73H,17-26,28-43,62-65H2,1-16H3/b66-44+,67-45+,68-46+,69-47+,76-27-,102-93?. The van der Waals surface area contributed by atoms with Crippen molar-refractivity contribution in [1.82, 2.24) is 19.6 Å². The van der Waals surface area contributed by atoms with E-state index in [4.69, 9.17) is 4.99 Å². The van der Waals surface area contributed by atoms with Gasteiger partial charge in [-0.3, -0.25) is 24.2 Å². The predicted octanol–water partition coefficient (Wildman–Crippen LogP) is 29.5. The lowest BCUT2D eigenvalue weighted by molar-refractivity contribution is -0.125. The summed E-state index contributed by atoms with van der Waals surface area (Å²) in [5.41, 5.74) is 12.9. The molecule has 4 unspecified atom stereocenters. The van der Waals surface area contributed by atoms with Gasteiger partial charge in [-0.15, -0.1) is 68.0 Å². The summed E-state index contributed by atoms with van der Waals surface area (Å²) in [5.74, 6) is 0.812. The molecule has 4 aliphatic heterocycles. The van der Waals surface area contributed by atoms with Gasteiger partial charge < -0.3 is 19.6 Å². The van der Waals surface area contributed by atoms with Crippen LogP contribution in [0, 0.1) is 23.7 Å². The number of carbonyl (C=O) groups excluding carboxylic acids is 4. The van der Waals surface area contributed by atoms with Gasteiger partial charge in [-0.1, -0.05) is 227 Å². The van der Waals surface area contributed by atoms with Gasteiger partial charge in [0.25, 0.3) is 23.6 Å². The smallest absolute Gasteiger partial charge is 0.261 e. The van der Waals surface area contributed by atoms with Gasteiger partial charge in [-0.25, -0.2) is 0 Å². The summed E-state index contributed by atoms with van der Waals surface area (Å²) < 4.78 is 0. The van der Waals surface area contributed by atoms with Crippen molar-refractivity contribution in [3.05, 3.63) is 208 Å². The van der Waals surface area contributed by atoms with Crippen LogP contribution in [-0.4, -0.2) is 82.2 Å². The molecular weight excluding hydrogens is 1540 g/mol. The molecule has 0 saturated carbocycles. The zero-order valence-electron chi connectivity index (χ0n) is 72.8. The first-order chi connectivity index (χ1) is 56.3. The molecule has 0 aromatic carbocycles. The Labute approximate surface area is 721 Å². The van der Waals surface area contributed by atoms with Crippen molar-refractivity contribution >= 4 is 109 Å². The number of hydrogen-bond acceptors (Lipinski definition) is 11. The Hall–Kier alpha value is -7.11. The Morgan fingerprint density at radius 3 is 0.974 bits per heavy atom. The van der Waals surface area contributed by atoms with Crippen LogP contribution in [0.1, 0.15) is 277 Å². The molecule has 11 rings (SSSR count). The van der Waals surface area contributed by atoms with E-state index in [2.05, 4.69) is 219 Å². The zero-order valence-corrected chi connectivity index (χ0v) is 77.7. The second-order valence-electron chi connectivity index (χ2n) is 32.9. The Kier molecular flexibility index (Phi) is 33.4. The van der Waals surface area contributed by atoms with E-state index in [0.29, 0.717) is 48.5 Å². The summed E-state index contributed by atoms with van der Waals surface area (Å²) in [6.07, 6.45) is 43.9. The molecule has 15 heteroatoms. The highest BCUT2D eigenvalue weighted by Crippen LogP contribution is 2.53. The van der Waals surface area contributed by atoms with E-state index >= 15 is 19.2 Å². The molecule has 0 spiro atoms. The molecule has 0 bridgehead atoms. The van der Waals surface area contributed by atoms with E-state index in [1.807, 2.05) is 72.0 Å².